The molecular formula is C23H22N4O3. The minimum atomic E-state index is -0.389. The fraction of sp³-hybridized carbons (Fsp3) is 0.174. The number of para-hydroxylation sites is 1. The molecule has 7 heteroatoms. The van der Waals surface area contributed by atoms with Crippen molar-refractivity contribution >= 4 is 23.3 Å². The van der Waals surface area contributed by atoms with Crippen LogP contribution in [0.2, 0.25) is 0 Å². The predicted molar refractivity (Wildman–Crippen MR) is 115 cm³/mol. The second-order valence-electron chi connectivity index (χ2n) is 7.06. The molecule has 0 aliphatic carbocycles. The third-order valence-corrected chi connectivity index (χ3v) is 4.83. The standard InChI is InChI=1S/C23H22N4O3/c24-21(28)12-16-3-1-2-4-20(16)30-10-9-25-22-8-6-17(14-26-22)15-5-7-19-18(11-15)13-23(29)27-19/h1-8,11,14H,9-10,12-13H2,(H2,24,28)(H,25,26)(H,27,29). The molecule has 2 amide bonds. The number of hydrogen-bond donors (Lipinski definition) is 3. The van der Waals surface area contributed by atoms with Crippen LogP contribution in [-0.2, 0) is 22.4 Å². The highest BCUT2D eigenvalue weighted by Gasteiger charge is 2.17. The van der Waals surface area contributed by atoms with Gasteiger partial charge in [-0.1, -0.05) is 24.3 Å². The van der Waals surface area contributed by atoms with E-state index >= 15 is 0 Å². The van der Waals surface area contributed by atoms with E-state index in [2.05, 4.69) is 15.6 Å². The Balaban J connectivity index is 1.31. The Kier molecular flexibility index (Phi) is 5.61. The molecule has 0 fully saturated rings. The maximum atomic E-state index is 11.5. The Bertz CT molecular complexity index is 1080. The summed E-state index contributed by atoms with van der Waals surface area (Å²) in [4.78, 5) is 27.1. The molecule has 1 aliphatic rings. The number of anilines is 2. The van der Waals surface area contributed by atoms with Crippen LogP contribution in [0.5, 0.6) is 5.75 Å². The van der Waals surface area contributed by atoms with Crippen LogP contribution in [0.3, 0.4) is 0 Å². The molecule has 2 heterocycles. The number of nitrogens with zero attached hydrogens (tertiary/aromatic N) is 1. The maximum absolute atomic E-state index is 11.5. The zero-order valence-electron chi connectivity index (χ0n) is 16.4. The molecule has 1 aliphatic heterocycles. The lowest BCUT2D eigenvalue weighted by molar-refractivity contribution is -0.117. The van der Waals surface area contributed by atoms with Gasteiger partial charge in [0, 0.05) is 23.0 Å². The van der Waals surface area contributed by atoms with Crippen LogP contribution < -0.4 is 21.1 Å². The largest absolute Gasteiger partial charge is 0.491 e. The Morgan fingerprint density at radius 2 is 1.97 bits per heavy atom. The molecule has 0 bridgehead atoms. The second-order valence-corrected chi connectivity index (χ2v) is 7.06. The number of pyridine rings is 1. The van der Waals surface area contributed by atoms with Crippen molar-refractivity contribution in [1.29, 1.82) is 0 Å². The maximum Gasteiger partial charge on any atom is 0.228 e. The zero-order valence-corrected chi connectivity index (χ0v) is 16.4. The summed E-state index contributed by atoms with van der Waals surface area (Å²) in [6.45, 7) is 0.981. The first-order valence-electron chi connectivity index (χ1n) is 9.70. The van der Waals surface area contributed by atoms with Crippen LogP contribution in [0, 0.1) is 0 Å². The molecule has 4 N–H and O–H groups in total. The van der Waals surface area contributed by atoms with Gasteiger partial charge in [0.1, 0.15) is 18.2 Å². The molecule has 1 aromatic heterocycles. The van der Waals surface area contributed by atoms with E-state index < -0.39 is 0 Å². The lowest BCUT2D eigenvalue weighted by Crippen LogP contribution is -2.16. The molecule has 0 saturated heterocycles. The molecule has 3 aromatic rings. The van der Waals surface area contributed by atoms with Crippen LogP contribution in [0.25, 0.3) is 11.1 Å². The molecule has 0 atom stereocenters. The van der Waals surface area contributed by atoms with E-state index in [-0.39, 0.29) is 18.2 Å². The number of carbonyl (C=O) groups excluding carboxylic acids is 2. The van der Waals surface area contributed by atoms with E-state index in [1.54, 1.807) is 6.20 Å². The molecule has 0 unspecified atom stereocenters. The molecule has 0 spiro atoms. The third-order valence-electron chi connectivity index (χ3n) is 4.83. The van der Waals surface area contributed by atoms with Crippen molar-refractivity contribution in [1.82, 2.24) is 4.98 Å². The van der Waals surface area contributed by atoms with Crippen molar-refractivity contribution < 1.29 is 14.3 Å². The van der Waals surface area contributed by atoms with Crippen LogP contribution in [0.15, 0.2) is 60.8 Å². The number of rotatable bonds is 8. The average molecular weight is 402 g/mol. The molecule has 4 rings (SSSR count). The summed E-state index contributed by atoms with van der Waals surface area (Å²) in [5.41, 5.74) is 9.96. The normalized spacial score (nSPS) is 12.2. The second kappa shape index (κ2) is 8.65. The van der Waals surface area contributed by atoms with Gasteiger partial charge >= 0.3 is 0 Å². The van der Waals surface area contributed by atoms with Crippen molar-refractivity contribution in [3.05, 3.63) is 71.9 Å². The van der Waals surface area contributed by atoms with Gasteiger partial charge in [0.25, 0.3) is 0 Å². The Labute approximate surface area is 174 Å². The van der Waals surface area contributed by atoms with Gasteiger partial charge in [0.2, 0.25) is 11.8 Å². The summed E-state index contributed by atoms with van der Waals surface area (Å²) in [5, 5.41) is 6.06. The van der Waals surface area contributed by atoms with Gasteiger partial charge in [0.15, 0.2) is 0 Å². The Morgan fingerprint density at radius 1 is 1.13 bits per heavy atom. The van der Waals surface area contributed by atoms with E-state index in [4.69, 9.17) is 10.5 Å². The number of benzene rings is 2. The third kappa shape index (κ3) is 4.57. The smallest absolute Gasteiger partial charge is 0.228 e. The number of nitrogens with two attached hydrogens (primary N) is 1. The lowest BCUT2D eigenvalue weighted by atomic mass is 10.0. The number of hydrogen-bond acceptors (Lipinski definition) is 5. The molecule has 7 nitrogen and oxygen atoms in total. The number of carbonyl (C=O) groups is 2. The lowest BCUT2D eigenvalue weighted by Gasteiger charge is -2.11. The highest BCUT2D eigenvalue weighted by atomic mass is 16.5. The number of primary amides is 1. The topological polar surface area (TPSA) is 106 Å². The van der Waals surface area contributed by atoms with Gasteiger partial charge in [-0.2, -0.15) is 0 Å². The fourth-order valence-corrected chi connectivity index (χ4v) is 3.40. The minimum absolute atomic E-state index is 0.0271. The number of fused-ring (bicyclic) bond motifs is 1. The van der Waals surface area contributed by atoms with Crippen molar-refractivity contribution in [2.45, 2.75) is 12.8 Å². The summed E-state index contributed by atoms with van der Waals surface area (Å²) in [6, 6.07) is 17.2. The molecule has 152 valence electrons. The number of amides is 2. The van der Waals surface area contributed by atoms with Crippen molar-refractivity contribution in [2.75, 3.05) is 23.8 Å². The monoisotopic (exact) mass is 402 g/mol. The van der Waals surface area contributed by atoms with E-state index in [0.29, 0.717) is 25.3 Å². The van der Waals surface area contributed by atoms with E-state index in [0.717, 1.165) is 33.8 Å². The Morgan fingerprint density at radius 3 is 2.77 bits per heavy atom. The molecule has 2 aromatic carbocycles. The van der Waals surface area contributed by atoms with Crippen LogP contribution in [0.4, 0.5) is 11.5 Å². The molecule has 0 saturated carbocycles. The highest BCUT2D eigenvalue weighted by Crippen LogP contribution is 2.29. The van der Waals surface area contributed by atoms with Crippen molar-refractivity contribution in [3.8, 4) is 16.9 Å². The van der Waals surface area contributed by atoms with Crippen LogP contribution in [0.1, 0.15) is 11.1 Å². The first-order chi connectivity index (χ1) is 14.6. The van der Waals surface area contributed by atoms with Crippen molar-refractivity contribution in [3.63, 3.8) is 0 Å². The summed E-state index contributed by atoms with van der Waals surface area (Å²) in [5.74, 6) is 1.04. The quantitative estimate of drug-likeness (QED) is 0.503. The number of nitrogens with one attached hydrogen (secondary N) is 2. The van der Waals surface area contributed by atoms with E-state index in [9.17, 15) is 9.59 Å². The van der Waals surface area contributed by atoms with E-state index in [1.165, 1.54) is 0 Å². The first-order valence-corrected chi connectivity index (χ1v) is 9.70. The zero-order chi connectivity index (χ0) is 20.9. The average Bonchev–Trinajstić information content (AvgIpc) is 3.11. The Hall–Kier alpha value is -3.87. The van der Waals surface area contributed by atoms with Gasteiger partial charge < -0.3 is 21.1 Å². The van der Waals surface area contributed by atoms with Crippen LogP contribution in [-0.4, -0.2) is 29.9 Å². The molecule has 0 radical (unpaired) electrons. The summed E-state index contributed by atoms with van der Waals surface area (Å²) in [7, 11) is 0. The summed E-state index contributed by atoms with van der Waals surface area (Å²) < 4.78 is 5.77. The molecular weight excluding hydrogens is 380 g/mol. The van der Waals surface area contributed by atoms with E-state index in [1.807, 2.05) is 54.6 Å². The number of ether oxygens (including phenoxy) is 1. The minimum Gasteiger partial charge on any atom is -0.491 e. The predicted octanol–water partition coefficient (Wildman–Crippen LogP) is 2.76. The highest BCUT2D eigenvalue weighted by molar-refractivity contribution is 5.99. The SMILES string of the molecule is NC(=O)Cc1ccccc1OCCNc1ccc(-c2ccc3c(c2)CC(=O)N3)cn1. The number of aromatic nitrogens is 1. The fourth-order valence-electron chi connectivity index (χ4n) is 3.40. The van der Waals surface area contributed by atoms with Gasteiger partial charge in [-0.3, -0.25) is 9.59 Å². The summed E-state index contributed by atoms with van der Waals surface area (Å²) in [6.07, 6.45) is 2.37. The summed E-state index contributed by atoms with van der Waals surface area (Å²) >= 11 is 0. The van der Waals surface area contributed by atoms with Gasteiger partial charge in [-0.05, 0) is 41.5 Å². The van der Waals surface area contributed by atoms with Crippen LogP contribution >= 0.6 is 0 Å². The van der Waals surface area contributed by atoms with Gasteiger partial charge in [-0.25, -0.2) is 4.98 Å². The van der Waals surface area contributed by atoms with Gasteiger partial charge in [0.05, 0.1) is 19.4 Å². The van der Waals surface area contributed by atoms with Gasteiger partial charge in [-0.15, -0.1) is 0 Å². The molecule has 30 heavy (non-hydrogen) atoms. The first kappa shape index (κ1) is 19.4. The van der Waals surface area contributed by atoms with Crippen molar-refractivity contribution in [2.24, 2.45) is 5.73 Å².